The van der Waals surface area contributed by atoms with E-state index in [1.165, 1.54) is 12.1 Å². The van der Waals surface area contributed by atoms with Gasteiger partial charge in [-0.25, -0.2) is 9.97 Å². The summed E-state index contributed by atoms with van der Waals surface area (Å²) in [5.74, 6) is -0.874. The number of rotatable bonds is 6. The molecule has 2 aromatic heterocycles. The average molecular weight is 537 g/mol. The van der Waals surface area contributed by atoms with Crippen molar-refractivity contribution in [1.82, 2.24) is 9.97 Å². The Morgan fingerprint density at radius 1 is 1.11 bits per heavy atom. The van der Waals surface area contributed by atoms with Crippen molar-refractivity contribution in [2.75, 3.05) is 17.2 Å². The molecule has 0 aliphatic heterocycles. The minimum absolute atomic E-state index is 0.207. The molecule has 3 N–H and O–H groups in total. The molecule has 13 heteroatoms. The van der Waals surface area contributed by atoms with Gasteiger partial charge in [-0.1, -0.05) is 35.1 Å². The van der Waals surface area contributed by atoms with Gasteiger partial charge in [0.05, 0.1) is 16.1 Å². The number of aryl methyl sites for hydroxylation is 1. The lowest BCUT2D eigenvalue weighted by Gasteiger charge is -2.13. The zero-order chi connectivity index (χ0) is 26.0. The normalized spacial score (nSPS) is 11.4. The molecule has 0 atom stereocenters. The molecule has 8 nitrogen and oxygen atoms in total. The van der Waals surface area contributed by atoms with E-state index in [1.54, 1.807) is 31.2 Å². The Kier molecular flexibility index (Phi) is 7.11. The Morgan fingerprint density at radius 3 is 2.61 bits per heavy atom. The van der Waals surface area contributed by atoms with Gasteiger partial charge in [0.2, 0.25) is 5.88 Å². The van der Waals surface area contributed by atoms with Crippen LogP contribution in [0.2, 0.25) is 5.02 Å². The fourth-order valence-electron chi connectivity index (χ4n) is 3.09. The number of nitrogens with one attached hydrogen (secondary N) is 2. The zero-order valence-corrected chi connectivity index (χ0v) is 19.9. The maximum Gasteiger partial charge on any atom is 0.417 e. The molecule has 0 bridgehead atoms. The van der Waals surface area contributed by atoms with Crippen LogP contribution in [0.5, 0.6) is 11.6 Å². The summed E-state index contributed by atoms with van der Waals surface area (Å²) in [6.45, 7) is 1.09. The highest BCUT2D eigenvalue weighted by molar-refractivity contribution is 7.21. The number of carbonyl (C=O) groups excluding carboxylic acids is 2. The highest BCUT2D eigenvalue weighted by Gasteiger charge is 2.34. The van der Waals surface area contributed by atoms with Crippen LogP contribution < -0.4 is 15.4 Å². The third-order valence-corrected chi connectivity index (χ3v) is 6.12. The number of alkyl halides is 3. The SMILES string of the molecule is Cc1ccc(NC(=O)c2cccc(C(F)(F)F)c2Cl)cc1Oc1ccc2nc(NC(=O)CO)sc2n1. The van der Waals surface area contributed by atoms with Crippen molar-refractivity contribution in [3.63, 3.8) is 0 Å². The van der Waals surface area contributed by atoms with Crippen LogP contribution in [0.1, 0.15) is 21.5 Å². The van der Waals surface area contributed by atoms with Gasteiger partial charge < -0.3 is 15.2 Å². The molecule has 0 aliphatic rings. The first-order valence-corrected chi connectivity index (χ1v) is 11.4. The summed E-state index contributed by atoms with van der Waals surface area (Å²) >= 11 is 6.94. The Labute approximate surface area is 210 Å². The minimum atomic E-state index is -4.70. The molecular formula is C23H16ClF3N4O4S. The van der Waals surface area contributed by atoms with E-state index in [1.807, 2.05) is 0 Å². The Morgan fingerprint density at radius 2 is 1.89 bits per heavy atom. The molecular weight excluding hydrogens is 521 g/mol. The number of thiazole rings is 1. The maximum atomic E-state index is 13.1. The second-order valence-corrected chi connectivity index (χ2v) is 8.76. The Bertz CT molecular complexity index is 1480. The average Bonchev–Trinajstić information content (AvgIpc) is 3.21. The van der Waals surface area contributed by atoms with Gasteiger partial charge in [0.25, 0.3) is 11.8 Å². The highest BCUT2D eigenvalue weighted by atomic mass is 35.5. The Balaban J connectivity index is 1.54. The van der Waals surface area contributed by atoms with Gasteiger partial charge in [-0.2, -0.15) is 13.2 Å². The first-order chi connectivity index (χ1) is 17.0. The Hall–Kier alpha value is -3.74. The van der Waals surface area contributed by atoms with Crippen molar-refractivity contribution in [3.05, 3.63) is 70.2 Å². The number of halogens is 4. The number of pyridine rings is 1. The number of anilines is 2. The molecule has 0 aliphatic carbocycles. The minimum Gasteiger partial charge on any atom is -0.439 e. The van der Waals surface area contributed by atoms with Crippen molar-refractivity contribution in [2.24, 2.45) is 0 Å². The quantitative estimate of drug-likeness (QED) is 0.293. The summed E-state index contributed by atoms with van der Waals surface area (Å²) in [5.41, 5.74) is 0.0507. The second kappa shape index (κ2) is 10.1. The molecule has 36 heavy (non-hydrogen) atoms. The number of carbonyl (C=O) groups is 2. The molecule has 0 unspecified atom stereocenters. The molecule has 2 amide bonds. The lowest BCUT2D eigenvalue weighted by molar-refractivity contribution is -0.137. The number of fused-ring (bicyclic) bond motifs is 1. The van der Waals surface area contributed by atoms with E-state index >= 15 is 0 Å². The third-order valence-electron chi connectivity index (χ3n) is 4.83. The number of ether oxygens (including phenoxy) is 1. The largest absolute Gasteiger partial charge is 0.439 e. The van der Waals surface area contributed by atoms with E-state index in [0.29, 0.717) is 21.7 Å². The first-order valence-electron chi connectivity index (χ1n) is 10.2. The summed E-state index contributed by atoms with van der Waals surface area (Å²) in [6.07, 6.45) is -4.70. The summed E-state index contributed by atoms with van der Waals surface area (Å²) in [6, 6.07) is 11.0. The van der Waals surface area contributed by atoms with Gasteiger partial charge in [0.1, 0.15) is 22.7 Å². The molecule has 0 spiro atoms. The first kappa shape index (κ1) is 25.4. The molecule has 0 saturated heterocycles. The number of aromatic nitrogens is 2. The zero-order valence-electron chi connectivity index (χ0n) is 18.3. The number of hydrogen-bond donors (Lipinski definition) is 3. The maximum absolute atomic E-state index is 13.1. The lowest BCUT2D eigenvalue weighted by Crippen LogP contribution is -2.15. The van der Waals surface area contributed by atoms with Crippen LogP contribution in [-0.2, 0) is 11.0 Å². The van der Waals surface area contributed by atoms with Gasteiger partial charge in [-0.3, -0.25) is 14.9 Å². The summed E-state index contributed by atoms with van der Waals surface area (Å²) in [7, 11) is 0. The standard InChI is InChI=1S/C23H16ClF3N4O4S/c1-11-5-6-12(28-20(34)13-3-2-4-14(19(13)24)23(25,26)27)9-16(11)35-18-8-7-15-21(31-18)36-22(29-15)30-17(33)10-32/h2-9,32H,10H2,1H3,(H,28,34)(H,29,30,33). The number of aliphatic hydroxyl groups is 1. The molecule has 0 saturated carbocycles. The molecule has 2 heterocycles. The van der Waals surface area contributed by atoms with E-state index in [2.05, 4.69) is 20.6 Å². The van der Waals surface area contributed by atoms with E-state index in [-0.39, 0.29) is 22.3 Å². The van der Waals surface area contributed by atoms with E-state index < -0.39 is 35.2 Å². The summed E-state index contributed by atoms with van der Waals surface area (Å²) in [5, 5.41) is 13.4. The molecule has 4 rings (SSSR count). The van der Waals surface area contributed by atoms with E-state index in [0.717, 1.165) is 23.5 Å². The number of hydrogen-bond acceptors (Lipinski definition) is 7. The monoisotopic (exact) mass is 536 g/mol. The van der Waals surface area contributed by atoms with E-state index in [9.17, 15) is 22.8 Å². The topological polar surface area (TPSA) is 113 Å². The van der Waals surface area contributed by atoms with Crippen LogP contribution in [0.15, 0.2) is 48.5 Å². The van der Waals surface area contributed by atoms with Gasteiger partial charge in [0.15, 0.2) is 5.13 Å². The van der Waals surface area contributed by atoms with Crippen LogP contribution in [0, 0.1) is 6.92 Å². The molecule has 0 radical (unpaired) electrons. The number of amides is 2. The van der Waals surface area contributed by atoms with Gasteiger partial charge in [-0.05, 0) is 36.8 Å². The summed E-state index contributed by atoms with van der Waals surface area (Å²) in [4.78, 5) is 33.0. The smallest absolute Gasteiger partial charge is 0.417 e. The lowest BCUT2D eigenvalue weighted by atomic mass is 10.1. The molecule has 186 valence electrons. The molecule has 2 aromatic carbocycles. The molecule has 0 fully saturated rings. The predicted octanol–water partition coefficient (Wildman–Crippen LogP) is 5.65. The van der Waals surface area contributed by atoms with Crippen molar-refractivity contribution in [1.29, 1.82) is 0 Å². The van der Waals surface area contributed by atoms with Crippen LogP contribution >= 0.6 is 22.9 Å². The van der Waals surface area contributed by atoms with Gasteiger partial charge >= 0.3 is 6.18 Å². The summed E-state index contributed by atoms with van der Waals surface area (Å²) < 4.78 is 45.2. The fraction of sp³-hybridized carbons (Fsp3) is 0.130. The third kappa shape index (κ3) is 5.56. The van der Waals surface area contributed by atoms with Crippen molar-refractivity contribution >= 4 is 55.9 Å². The van der Waals surface area contributed by atoms with Gasteiger partial charge in [0, 0.05) is 17.8 Å². The van der Waals surface area contributed by atoms with Crippen molar-refractivity contribution in [2.45, 2.75) is 13.1 Å². The van der Waals surface area contributed by atoms with Crippen LogP contribution in [0.4, 0.5) is 24.0 Å². The highest BCUT2D eigenvalue weighted by Crippen LogP contribution is 2.37. The van der Waals surface area contributed by atoms with E-state index in [4.69, 9.17) is 21.4 Å². The predicted molar refractivity (Wildman–Crippen MR) is 129 cm³/mol. The number of benzene rings is 2. The second-order valence-electron chi connectivity index (χ2n) is 7.40. The fourth-order valence-corrected chi connectivity index (χ4v) is 4.26. The van der Waals surface area contributed by atoms with Crippen LogP contribution in [0.3, 0.4) is 0 Å². The number of nitrogens with zero attached hydrogens (tertiary/aromatic N) is 2. The van der Waals surface area contributed by atoms with Crippen molar-refractivity contribution < 1.29 is 32.6 Å². The van der Waals surface area contributed by atoms with Crippen molar-refractivity contribution in [3.8, 4) is 11.6 Å². The number of aliphatic hydroxyl groups excluding tert-OH is 1. The molecule has 4 aromatic rings. The van der Waals surface area contributed by atoms with Crippen LogP contribution in [0.25, 0.3) is 10.3 Å². The van der Waals surface area contributed by atoms with Crippen LogP contribution in [-0.4, -0.2) is 33.5 Å². The van der Waals surface area contributed by atoms with Gasteiger partial charge in [-0.15, -0.1) is 0 Å².